The Morgan fingerprint density at radius 1 is 0.714 bits per heavy atom. The molecule has 11 nitrogen and oxygen atoms in total. The van der Waals surface area contributed by atoms with Crippen LogP contribution in [0.4, 0.5) is 0 Å². The molecule has 3 rings (SSSR count). The number of hydrogen-bond donors (Lipinski definition) is 7. The fourth-order valence-corrected chi connectivity index (χ4v) is 3.02. The Morgan fingerprint density at radius 2 is 1.21 bits per heavy atom. The summed E-state index contributed by atoms with van der Waals surface area (Å²) in [5.41, 5.74) is 0.440. The summed E-state index contributed by atoms with van der Waals surface area (Å²) in [7, 11) is 0. The van der Waals surface area contributed by atoms with E-state index in [9.17, 15) is 25.5 Å². The zero-order chi connectivity index (χ0) is 20.4. The second-order valence-electron chi connectivity index (χ2n) is 6.59. The van der Waals surface area contributed by atoms with Gasteiger partial charge in [-0.05, 0) is 17.7 Å². The number of ether oxygens (including phenoxy) is 4. The molecule has 7 N–H and O–H groups in total. The topological polar surface area (TPSA) is 179 Å². The van der Waals surface area contributed by atoms with E-state index in [0.29, 0.717) is 5.56 Å². The largest absolute Gasteiger partial charge is 0.458 e. The van der Waals surface area contributed by atoms with Crippen LogP contribution in [0.25, 0.3) is 0 Å². The predicted molar refractivity (Wildman–Crippen MR) is 89.1 cm³/mol. The summed E-state index contributed by atoms with van der Waals surface area (Å²) in [6, 6.07) is 4.32. The molecule has 8 atom stereocenters. The van der Waals surface area contributed by atoms with Crippen molar-refractivity contribution in [3.8, 4) is 11.5 Å². The fraction of sp³-hybridized carbons (Fsp3) is 0.647. The van der Waals surface area contributed by atoms with E-state index >= 15 is 0 Å². The minimum absolute atomic E-state index is 0.000807. The van der Waals surface area contributed by atoms with E-state index in [-0.39, 0.29) is 18.1 Å². The number of benzene rings is 1. The lowest BCUT2D eigenvalue weighted by atomic mass is 10.1. The van der Waals surface area contributed by atoms with Gasteiger partial charge in [-0.1, -0.05) is 6.07 Å². The van der Waals surface area contributed by atoms with Crippen molar-refractivity contribution in [1.29, 1.82) is 0 Å². The molecule has 0 aliphatic carbocycles. The van der Waals surface area contributed by atoms with Crippen molar-refractivity contribution in [1.82, 2.24) is 0 Å². The van der Waals surface area contributed by atoms with Gasteiger partial charge in [0, 0.05) is 0 Å². The first-order chi connectivity index (χ1) is 13.4. The van der Waals surface area contributed by atoms with Crippen molar-refractivity contribution in [2.24, 2.45) is 0 Å². The Hall–Kier alpha value is -1.54. The van der Waals surface area contributed by atoms with Crippen molar-refractivity contribution < 1.29 is 54.7 Å². The summed E-state index contributed by atoms with van der Waals surface area (Å²) in [5.74, 6) is 0.0314. The highest BCUT2D eigenvalue weighted by Gasteiger charge is 2.46. The maximum atomic E-state index is 10.0. The third-order valence-electron chi connectivity index (χ3n) is 4.67. The molecule has 1 unspecified atom stereocenters. The quantitative estimate of drug-likeness (QED) is 0.244. The Morgan fingerprint density at radius 3 is 1.64 bits per heavy atom. The van der Waals surface area contributed by atoms with Crippen LogP contribution >= 0.6 is 0 Å². The van der Waals surface area contributed by atoms with Gasteiger partial charge in [0.2, 0.25) is 12.6 Å². The average Bonchev–Trinajstić information content (AvgIpc) is 3.13. The highest BCUT2D eigenvalue weighted by atomic mass is 16.7. The summed E-state index contributed by atoms with van der Waals surface area (Å²) >= 11 is 0. The van der Waals surface area contributed by atoms with Crippen molar-refractivity contribution in [3.63, 3.8) is 0 Å². The van der Waals surface area contributed by atoms with Crippen LogP contribution in [0.5, 0.6) is 11.5 Å². The first kappa shape index (κ1) is 21.2. The molecule has 11 heteroatoms. The SMILES string of the molecule is OCc1ccc(O[C@@H]2O[C@H](CO)[C@@H](O)[C@H]2O)c(O[C@@H]2O[C@H](CO)C(O)[C@@H]2O)c1. The van der Waals surface area contributed by atoms with Gasteiger partial charge >= 0.3 is 0 Å². The Kier molecular flexibility index (Phi) is 6.70. The van der Waals surface area contributed by atoms with Crippen LogP contribution in [-0.2, 0) is 16.1 Å². The van der Waals surface area contributed by atoms with Crippen molar-refractivity contribution in [3.05, 3.63) is 23.8 Å². The lowest BCUT2D eigenvalue weighted by Crippen LogP contribution is -2.36. The van der Waals surface area contributed by atoms with E-state index in [0.717, 1.165) is 0 Å². The van der Waals surface area contributed by atoms with Crippen LogP contribution < -0.4 is 9.47 Å². The number of rotatable bonds is 7. The molecular formula is C17H24O11. The lowest BCUT2D eigenvalue weighted by Gasteiger charge is -2.22. The summed E-state index contributed by atoms with van der Waals surface area (Å²) in [4.78, 5) is 0. The second kappa shape index (κ2) is 8.86. The molecule has 1 aromatic carbocycles. The summed E-state index contributed by atoms with van der Waals surface area (Å²) in [6.45, 7) is -1.37. The van der Waals surface area contributed by atoms with Gasteiger partial charge in [0.05, 0.1) is 19.8 Å². The van der Waals surface area contributed by atoms with Crippen molar-refractivity contribution in [2.75, 3.05) is 13.2 Å². The van der Waals surface area contributed by atoms with Gasteiger partial charge < -0.3 is 54.7 Å². The smallest absolute Gasteiger partial charge is 0.229 e. The van der Waals surface area contributed by atoms with E-state index in [1.54, 1.807) is 0 Å². The molecule has 158 valence electrons. The molecular weight excluding hydrogens is 380 g/mol. The second-order valence-corrected chi connectivity index (χ2v) is 6.59. The van der Waals surface area contributed by atoms with E-state index in [1.165, 1.54) is 18.2 Å². The zero-order valence-electron chi connectivity index (χ0n) is 14.7. The average molecular weight is 404 g/mol. The van der Waals surface area contributed by atoms with Gasteiger partial charge in [0.1, 0.15) is 36.6 Å². The van der Waals surface area contributed by atoms with Gasteiger partial charge in [-0.25, -0.2) is 0 Å². The summed E-state index contributed by atoms with van der Waals surface area (Å²) in [5, 5.41) is 67.4. The monoisotopic (exact) mass is 404 g/mol. The van der Waals surface area contributed by atoms with Gasteiger partial charge in [-0.15, -0.1) is 0 Å². The molecule has 2 aliphatic rings. The van der Waals surface area contributed by atoms with E-state index in [2.05, 4.69) is 0 Å². The van der Waals surface area contributed by atoms with E-state index in [4.69, 9.17) is 29.2 Å². The lowest BCUT2D eigenvalue weighted by molar-refractivity contribution is -0.128. The van der Waals surface area contributed by atoms with Gasteiger partial charge in [0.25, 0.3) is 0 Å². The van der Waals surface area contributed by atoms with Crippen molar-refractivity contribution in [2.45, 2.75) is 55.8 Å². The highest BCUT2D eigenvalue weighted by Crippen LogP contribution is 2.35. The molecule has 0 saturated carbocycles. The van der Waals surface area contributed by atoms with Crippen LogP contribution in [0.3, 0.4) is 0 Å². The predicted octanol–water partition coefficient (Wildman–Crippen LogP) is -3.19. The first-order valence-corrected chi connectivity index (χ1v) is 8.71. The molecule has 2 aliphatic heterocycles. The molecule has 0 radical (unpaired) electrons. The van der Waals surface area contributed by atoms with Gasteiger partial charge in [-0.2, -0.15) is 0 Å². The summed E-state index contributed by atoms with van der Waals surface area (Å²) in [6.07, 6.45) is -10.3. The third-order valence-corrected chi connectivity index (χ3v) is 4.67. The van der Waals surface area contributed by atoms with Crippen LogP contribution in [0.2, 0.25) is 0 Å². The molecule has 1 aromatic rings. The number of hydrogen-bond acceptors (Lipinski definition) is 11. The molecule has 0 aromatic heterocycles. The van der Waals surface area contributed by atoms with E-state index in [1.807, 2.05) is 0 Å². The first-order valence-electron chi connectivity index (χ1n) is 8.71. The molecule has 2 fully saturated rings. The zero-order valence-corrected chi connectivity index (χ0v) is 14.7. The Labute approximate surface area is 159 Å². The molecule has 2 saturated heterocycles. The van der Waals surface area contributed by atoms with Crippen LogP contribution in [0.1, 0.15) is 5.56 Å². The fourth-order valence-electron chi connectivity index (χ4n) is 3.02. The number of aliphatic hydroxyl groups excluding tert-OH is 7. The minimum Gasteiger partial charge on any atom is -0.458 e. The maximum Gasteiger partial charge on any atom is 0.229 e. The Balaban J connectivity index is 1.79. The number of aliphatic hydroxyl groups is 7. The van der Waals surface area contributed by atoms with Gasteiger partial charge in [-0.3, -0.25) is 0 Å². The van der Waals surface area contributed by atoms with Crippen LogP contribution in [0.15, 0.2) is 18.2 Å². The van der Waals surface area contributed by atoms with Crippen LogP contribution in [-0.4, -0.2) is 98.2 Å². The maximum absolute atomic E-state index is 10.0. The van der Waals surface area contributed by atoms with Crippen LogP contribution in [0, 0.1) is 0 Å². The molecule has 0 amide bonds. The highest BCUT2D eigenvalue weighted by molar-refractivity contribution is 5.43. The summed E-state index contributed by atoms with van der Waals surface area (Å²) < 4.78 is 21.6. The third kappa shape index (κ3) is 4.08. The molecule has 28 heavy (non-hydrogen) atoms. The Bertz CT molecular complexity index is 656. The van der Waals surface area contributed by atoms with E-state index < -0.39 is 62.4 Å². The standard InChI is InChI=1S/C17H24O11/c18-4-7-1-2-8(25-16-14(23)12(21)10(5-19)27-16)9(3-7)26-17-15(24)13(22)11(6-20)28-17/h1-3,10-24H,4-6H2/t10-,11-,12-,13?,14-,15+,16-,17-/m1/s1. The molecule has 0 spiro atoms. The molecule has 2 heterocycles. The van der Waals surface area contributed by atoms with Crippen molar-refractivity contribution >= 4 is 0 Å². The molecule has 0 bridgehead atoms. The minimum atomic E-state index is -1.45. The van der Waals surface area contributed by atoms with Gasteiger partial charge in [0.15, 0.2) is 11.5 Å². The normalized spacial score (nSPS) is 38.0.